The Bertz CT molecular complexity index is 1560. The molecule has 0 aromatic heterocycles. The van der Waals surface area contributed by atoms with Crippen molar-refractivity contribution >= 4 is 5.78 Å². The number of aromatic hydroxyl groups is 6. The van der Waals surface area contributed by atoms with Crippen molar-refractivity contribution in [3.8, 4) is 40.2 Å². The standard InChI is InChI=1S/C30H24O9/c31-16-5-1-14(2-6-16)28-25(27(37)20-10-9-18(33)11-21(20)35)26-29(15-3-7-17(32)8-4-15)38-23-13-19(34)12-22(36)24(23)30(26)39-28/h1-13,25-26,28-36H/t25-,26+,28-,29+,30+/m0/s1. The number of ether oxygens (including phenoxy) is 2. The molecule has 1 saturated heterocycles. The van der Waals surface area contributed by atoms with Crippen LogP contribution in [0.15, 0.2) is 78.9 Å². The second-order valence-corrected chi connectivity index (χ2v) is 9.74. The zero-order chi connectivity index (χ0) is 27.4. The predicted octanol–water partition coefficient (Wildman–Crippen LogP) is 4.98. The summed E-state index contributed by atoms with van der Waals surface area (Å²) in [6.07, 6.45) is -2.58. The Hall–Kier alpha value is -4.89. The molecule has 2 heterocycles. The third kappa shape index (κ3) is 4.13. The first kappa shape index (κ1) is 24.4. The molecule has 39 heavy (non-hydrogen) atoms. The number of carbonyl (C=O) groups excluding carboxylic acids is 1. The van der Waals surface area contributed by atoms with Gasteiger partial charge in [-0.1, -0.05) is 24.3 Å². The van der Waals surface area contributed by atoms with Crippen LogP contribution in [0, 0.1) is 11.8 Å². The van der Waals surface area contributed by atoms with Crippen molar-refractivity contribution in [2.24, 2.45) is 11.8 Å². The SMILES string of the molecule is O=C(c1ccc(O)cc1O)[C@@H]1[C@@H]2[C@@H](c3ccc(O)cc3)Oc3cc(O)cc(O)c3[C@H]2O[C@H]1c1ccc(O)cc1. The highest BCUT2D eigenvalue weighted by Crippen LogP contribution is 2.62. The van der Waals surface area contributed by atoms with Crippen LogP contribution in [0.25, 0.3) is 0 Å². The van der Waals surface area contributed by atoms with Crippen LogP contribution in [0.1, 0.15) is 45.4 Å². The van der Waals surface area contributed by atoms with Crippen LogP contribution in [-0.2, 0) is 4.74 Å². The summed E-state index contributed by atoms with van der Waals surface area (Å²) in [5.74, 6) is -3.04. The fourth-order valence-corrected chi connectivity index (χ4v) is 5.65. The molecule has 5 atom stereocenters. The van der Waals surface area contributed by atoms with Crippen LogP contribution in [0.4, 0.5) is 0 Å². The van der Waals surface area contributed by atoms with Crippen LogP contribution in [0.5, 0.6) is 40.2 Å². The average Bonchev–Trinajstić information content (AvgIpc) is 3.29. The van der Waals surface area contributed by atoms with Gasteiger partial charge < -0.3 is 40.1 Å². The number of hydrogen-bond donors (Lipinski definition) is 6. The summed E-state index contributed by atoms with van der Waals surface area (Å²) in [5.41, 5.74) is 1.42. The lowest BCUT2D eigenvalue weighted by molar-refractivity contribution is -0.00891. The molecule has 6 N–H and O–H groups in total. The van der Waals surface area contributed by atoms with E-state index in [-0.39, 0.29) is 45.6 Å². The second kappa shape index (κ2) is 9.14. The fourth-order valence-electron chi connectivity index (χ4n) is 5.65. The molecule has 2 aliphatic rings. The van der Waals surface area contributed by atoms with Crippen molar-refractivity contribution < 1.29 is 44.9 Å². The molecule has 4 aromatic rings. The summed E-state index contributed by atoms with van der Waals surface area (Å²) in [6, 6.07) is 18.7. The van der Waals surface area contributed by atoms with Crippen molar-refractivity contribution in [2.75, 3.05) is 0 Å². The lowest BCUT2D eigenvalue weighted by atomic mass is 9.72. The summed E-state index contributed by atoms with van der Waals surface area (Å²) in [7, 11) is 0. The van der Waals surface area contributed by atoms with Gasteiger partial charge in [0.25, 0.3) is 0 Å². The second-order valence-electron chi connectivity index (χ2n) is 9.74. The summed E-state index contributed by atoms with van der Waals surface area (Å²) in [6.45, 7) is 0. The Balaban J connectivity index is 1.56. The van der Waals surface area contributed by atoms with E-state index in [4.69, 9.17) is 9.47 Å². The van der Waals surface area contributed by atoms with Crippen molar-refractivity contribution in [1.29, 1.82) is 0 Å². The third-order valence-electron chi connectivity index (χ3n) is 7.37. The van der Waals surface area contributed by atoms with Gasteiger partial charge in [-0.15, -0.1) is 0 Å². The number of benzene rings is 4. The van der Waals surface area contributed by atoms with Gasteiger partial charge in [-0.25, -0.2) is 0 Å². The number of hydrogen-bond acceptors (Lipinski definition) is 9. The van der Waals surface area contributed by atoms with E-state index in [9.17, 15) is 35.4 Å². The molecule has 1 fully saturated rings. The lowest BCUT2D eigenvalue weighted by Crippen LogP contribution is -2.35. The molecule has 0 amide bonds. The van der Waals surface area contributed by atoms with Gasteiger partial charge >= 0.3 is 0 Å². The topological polar surface area (TPSA) is 157 Å². The predicted molar refractivity (Wildman–Crippen MR) is 137 cm³/mol. The molecule has 6 rings (SSSR count). The van der Waals surface area contributed by atoms with Gasteiger partial charge in [0, 0.05) is 24.1 Å². The Morgan fingerprint density at radius 2 is 1.15 bits per heavy atom. The summed E-state index contributed by atoms with van der Waals surface area (Å²) < 4.78 is 12.9. The number of Topliss-reactive ketones (excluding diaryl/α,β-unsaturated/α-hetero) is 1. The number of phenols is 6. The van der Waals surface area contributed by atoms with Crippen molar-refractivity contribution in [1.82, 2.24) is 0 Å². The Kier molecular flexibility index (Phi) is 5.73. The van der Waals surface area contributed by atoms with Crippen molar-refractivity contribution in [3.63, 3.8) is 0 Å². The van der Waals surface area contributed by atoms with Gasteiger partial charge in [-0.05, 0) is 47.5 Å². The Labute approximate surface area is 222 Å². The highest BCUT2D eigenvalue weighted by atomic mass is 16.5. The normalized spacial score (nSPS) is 23.4. The molecule has 9 nitrogen and oxygen atoms in total. The minimum Gasteiger partial charge on any atom is -0.508 e. The zero-order valence-electron chi connectivity index (χ0n) is 20.3. The van der Waals surface area contributed by atoms with Gasteiger partial charge in [0.05, 0.1) is 29.3 Å². The van der Waals surface area contributed by atoms with E-state index < -0.39 is 41.7 Å². The third-order valence-corrected chi connectivity index (χ3v) is 7.37. The molecule has 0 unspecified atom stereocenters. The largest absolute Gasteiger partial charge is 0.508 e. The van der Waals surface area contributed by atoms with E-state index in [2.05, 4.69) is 0 Å². The fraction of sp³-hybridized carbons (Fsp3) is 0.167. The molecule has 4 aromatic carbocycles. The maximum Gasteiger partial charge on any atom is 0.173 e. The van der Waals surface area contributed by atoms with E-state index >= 15 is 0 Å². The first-order chi connectivity index (χ1) is 18.7. The van der Waals surface area contributed by atoms with E-state index in [1.807, 2.05) is 0 Å². The van der Waals surface area contributed by atoms with Gasteiger partial charge in [0.2, 0.25) is 0 Å². The van der Waals surface area contributed by atoms with Crippen LogP contribution in [-0.4, -0.2) is 36.4 Å². The Morgan fingerprint density at radius 1 is 0.590 bits per heavy atom. The molecule has 9 heteroatoms. The molecule has 0 spiro atoms. The van der Waals surface area contributed by atoms with Crippen LogP contribution >= 0.6 is 0 Å². The van der Waals surface area contributed by atoms with Crippen LogP contribution in [0.2, 0.25) is 0 Å². The quantitative estimate of drug-likeness (QED) is 0.201. The van der Waals surface area contributed by atoms with Gasteiger partial charge in [0.15, 0.2) is 5.78 Å². The summed E-state index contributed by atoms with van der Waals surface area (Å²) in [4.78, 5) is 14.2. The lowest BCUT2D eigenvalue weighted by Gasteiger charge is -2.37. The van der Waals surface area contributed by atoms with E-state index in [0.29, 0.717) is 11.1 Å². The van der Waals surface area contributed by atoms with E-state index in [1.54, 1.807) is 24.3 Å². The van der Waals surface area contributed by atoms with Crippen molar-refractivity contribution in [3.05, 3.63) is 101 Å². The van der Waals surface area contributed by atoms with Crippen LogP contribution < -0.4 is 4.74 Å². The highest BCUT2D eigenvalue weighted by Gasteiger charge is 2.57. The van der Waals surface area contributed by atoms with Gasteiger partial charge in [0.1, 0.15) is 46.4 Å². The first-order valence-corrected chi connectivity index (χ1v) is 12.2. The maximum atomic E-state index is 14.2. The highest BCUT2D eigenvalue weighted by molar-refractivity contribution is 6.01. The first-order valence-electron chi connectivity index (χ1n) is 12.2. The molecule has 0 radical (unpaired) electrons. The van der Waals surface area contributed by atoms with E-state index in [1.165, 1.54) is 48.5 Å². The molecular formula is C30H24O9. The maximum absolute atomic E-state index is 14.2. The molecule has 0 aliphatic carbocycles. The van der Waals surface area contributed by atoms with E-state index in [0.717, 1.165) is 6.07 Å². The number of ketones is 1. The molecule has 198 valence electrons. The molecular weight excluding hydrogens is 504 g/mol. The number of phenolic OH excluding ortho intramolecular Hbond substituents is 6. The zero-order valence-corrected chi connectivity index (χ0v) is 20.3. The number of fused-ring (bicyclic) bond motifs is 3. The molecule has 0 saturated carbocycles. The van der Waals surface area contributed by atoms with Crippen LogP contribution in [0.3, 0.4) is 0 Å². The monoisotopic (exact) mass is 528 g/mol. The van der Waals surface area contributed by atoms with Crippen molar-refractivity contribution in [2.45, 2.75) is 18.3 Å². The van der Waals surface area contributed by atoms with Gasteiger partial charge in [-0.2, -0.15) is 0 Å². The molecule has 0 bridgehead atoms. The Morgan fingerprint density at radius 3 is 1.77 bits per heavy atom. The molecule has 2 aliphatic heterocycles. The minimum absolute atomic E-state index is 0.0250. The van der Waals surface area contributed by atoms with Gasteiger partial charge in [-0.3, -0.25) is 4.79 Å². The summed E-state index contributed by atoms with van der Waals surface area (Å²) >= 11 is 0. The smallest absolute Gasteiger partial charge is 0.173 e. The average molecular weight is 529 g/mol. The summed E-state index contributed by atoms with van der Waals surface area (Å²) in [5, 5.41) is 61.1. The minimum atomic E-state index is -0.963. The number of carbonyl (C=O) groups is 1. The number of rotatable bonds is 4.